The monoisotopic (exact) mass is 265 g/mol. The lowest BCUT2D eigenvalue weighted by molar-refractivity contribution is -0.123. The van der Waals surface area contributed by atoms with Crippen molar-refractivity contribution in [2.45, 2.75) is 51.4 Å². The number of thiophene rings is 1. The second-order valence-electron chi connectivity index (χ2n) is 5.04. The molecule has 1 aromatic heterocycles. The van der Waals surface area contributed by atoms with E-state index in [0.29, 0.717) is 0 Å². The molecule has 1 aliphatic rings. The Morgan fingerprint density at radius 1 is 1.22 bits per heavy atom. The molecule has 98 valence electrons. The van der Waals surface area contributed by atoms with E-state index in [-0.39, 0.29) is 17.1 Å². The third-order valence-electron chi connectivity index (χ3n) is 3.85. The third-order valence-corrected chi connectivity index (χ3v) is 4.68. The summed E-state index contributed by atoms with van der Waals surface area (Å²) in [6.07, 6.45) is 5.20. The Bertz CT molecular complexity index is 458. The van der Waals surface area contributed by atoms with Gasteiger partial charge in [-0.05, 0) is 31.2 Å². The number of nitrogens with one attached hydrogen (secondary N) is 1. The lowest BCUT2D eigenvalue weighted by Crippen LogP contribution is -2.36. The largest absolute Gasteiger partial charge is 0.318 e. The van der Waals surface area contributed by atoms with Gasteiger partial charge in [0.2, 0.25) is 5.91 Å². The van der Waals surface area contributed by atoms with Gasteiger partial charge in [0.15, 0.2) is 0 Å². The normalized spacial score (nSPS) is 18.3. The van der Waals surface area contributed by atoms with Crippen LogP contribution in [0.5, 0.6) is 0 Å². The molecule has 1 saturated carbocycles. The van der Waals surface area contributed by atoms with Gasteiger partial charge in [-0.25, -0.2) is 0 Å². The zero-order valence-electron chi connectivity index (χ0n) is 10.9. The molecular weight excluding hydrogens is 246 g/mol. The van der Waals surface area contributed by atoms with Gasteiger partial charge in [-0.3, -0.25) is 9.59 Å². The van der Waals surface area contributed by atoms with E-state index in [0.717, 1.165) is 36.2 Å². The summed E-state index contributed by atoms with van der Waals surface area (Å²) in [5.74, 6) is 0.153. The molecule has 18 heavy (non-hydrogen) atoms. The highest BCUT2D eigenvalue weighted by Gasteiger charge is 2.40. The van der Waals surface area contributed by atoms with E-state index >= 15 is 0 Å². The van der Waals surface area contributed by atoms with Crippen LogP contribution in [0.4, 0.5) is 5.00 Å². The fourth-order valence-electron chi connectivity index (χ4n) is 2.91. The molecule has 0 atom stereocenters. The molecule has 1 fully saturated rings. The minimum absolute atomic E-state index is 0.0757. The molecule has 0 aromatic carbocycles. The Hall–Kier alpha value is -1.16. The van der Waals surface area contributed by atoms with Gasteiger partial charge in [0.1, 0.15) is 5.78 Å². The van der Waals surface area contributed by atoms with Crippen LogP contribution >= 0.6 is 11.3 Å². The summed E-state index contributed by atoms with van der Waals surface area (Å²) < 4.78 is 0. The first kappa shape index (κ1) is 13.3. The van der Waals surface area contributed by atoms with Crippen molar-refractivity contribution in [1.82, 2.24) is 0 Å². The Balaban J connectivity index is 2.39. The Morgan fingerprint density at radius 3 is 2.44 bits per heavy atom. The van der Waals surface area contributed by atoms with Crippen LogP contribution in [0.1, 0.15) is 51.5 Å². The predicted octanol–water partition coefficient (Wildman–Crippen LogP) is 3.50. The van der Waals surface area contributed by atoms with Gasteiger partial charge in [-0.2, -0.15) is 0 Å². The van der Waals surface area contributed by atoms with Crippen LogP contribution in [-0.2, 0) is 15.0 Å². The van der Waals surface area contributed by atoms with Gasteiger partial charge in [-0.1, -0.05) is 19.3 Å². The minimum atomic E-state index is -0.365. The highest BCUT2D eigenvalue weighted by molar-refractivity contribution is 7.14. The van der Waals surface area contributed by atoms with Gasteiger partial charge in [0.05, 0.1) is 10.4 Å². The number of Topliss-reactive ketones (excluding diaryl/α,β-unsaturated/α-hetero) is 1. The zero-order valence-corrected chi connectivity index (χ0v) is 11.7. The SMILES string of the molecule is CC(=O)Nc1sccc1C1(C(C)=O)CCCCC1. The standard InChI is InChI=1S/C14H19NO2S/c1-10(16)14(7-4-3-5-8-14)12-6-9-18-13(12)15-11(2)17/h6,9H,3-5,7-8H2,1-2H3,(H,15,17). The second kappa shape index (κ2) is 5.22. The Labute approximate surface area is 112 Å². The number of amides is 1. The molecule has 3 nitrogen and oxygen atoms in total. The molecule has 1 amide bonds. The van der Waals surface area contributed by atoms with Crippen molar-refractivity contribution in [2.24, 2.45) is 0 Å². The first-order valence-electron chi connectivity index (χ1n) is 6.43. The van der Waals surface area contributed by atoms with E-state index in [1.807, 2.05) is 11.4 Å². The van der Waals surface area contributed by atoms with E-state index in [2.05, 4.69) is 5.32 Å². The summed E-state index contributed by atoms with van der Waals surface area (Å²) >= 11 is 1.50. The van der Waals surface area contributed by atoms with Crippen LogP contribution < -0.4 is 5.32 Å². The topological polar surface area (TPSA) is 46.2 Å². The smallest absolute Gasteiger partial charge is 0.221 e. The maximum Gasteiger partial charge on any atom is 0.221 e. The molecule has 0 radical (unpaired) electrons. The van der Waals surface area contributed by atoms with Crippen LogP contribution in [0.15, 0.2) is 11.4 Å². The van der Waals surface area contributed by atoms with E-state index in [4.69, 9.17) is 0 Å². The summed E-state index contributed by atoms with van der Waals surface area (Å²) in [7, 11) is 0. The summed E-state index contributed by atoms with van der Waals surface area (Å²) in [6, 6.07) is 2.00. The number of carbonyl (C=O) groups is 2. The molecule has 0 saturated heterocycles. The number of rotatable bonds is 3. The summed E-state index contributed by atoms with van der Waals surface area (Å²) in [5, 5.41) is 5.66. The molecule has 0 aliphatic heterocycles. The van der Waals surface area contributed by atoms with E-state index in [9.17, 15) is 9.59 Å². The number of anilines is 1. The quantitative estimate of drug-likeness (QED) is 0.909. The Morgan fingerprint density at radius 2 is 1.89 bits per heavy atom. The summed E-state index contributed by atoms with van der Waals surface area (Å²) in [6.45, 7) is 3.19. The predicted molar refractivity (Wildman–Crippen MR) is 74.1 cm³/mol. The fraction of sp³-hybridized carbons (Fsp3) is 0.571. The summed E-state index contributed by atoms with van der Waals surface area (Å²) in [4.78, 5) is 23.4. The molecule has 1 heterocycles. The average Bonchev–Trinajstić information content (AvgIpc) is 2.77. The summed E-state index contributed by atoms with van der Waals surface area (Å²) in [5.41, 5.74) is 0.658. The molecule has 0 unspecified atom stereocenters. The van der Waals surface area contributed by atoms with Crippen molar-refractivity contribution < 1.29 is 9.59 Å². The minimum Gasteiger partial charge on any atom is -0.318 e. The first-order chi connectivity index (χ1) is 8.56. The molecular formula is C14H19NO2S. The van der Waals surface area contributed by atoms with Gasteiger partial charge >= 0.3 is 0 Å². The van der Waals surface area contributed by atoms with Gasteiger partial charge < -0.3 is 5.32 Å². The van der Waals surface area contributed by atoms with Crippen molar-refractivity contribution in [1.29, 1.82) is 0 Å². The van der Waals surface area contributed by atoms with E-state index in [1.54, 1.807) is 6.92 Å². The molecule has 1 N–H and O–H groups in total. The van der Waals surface area contributed by atoms with Gasteiger partial charge in [0.25, 0.3) is 0 Å². The molecule has 1 aliphatic carbocycles. The average molecular weight is 265 g/mol. The fourth-order valence-corrected chi connectivity index (χ4v) is 3.84. The van der Waals surface area contributed by atoms with Crippen molar-refractivity contribution >= 4 is 28.0 Å². The van der Waals surface area contributed by atoms with Crippen LogP contribution in [0, 0.1) is 0 Å². The first-order valence-corrected chi connectivity index (χ1v) is 7.31. The second-order valence-corrected chi connectivity index (χ2v) is 5.96. The lowest BCUT2D eigenvalue weighted by Gasteiger charge is -2.35. The number of ketones is 1. The highest BCUT2D eigenvalue weighted by Crippen LogP contribution is 2.45. The molecule has 2 rings (SSSR count). The van der Waals surface area contributed by atoms with Gasteiger partial charge in [0, 0.05) is 12.5 Å². The molecule has 0 spiro atoms. The van der Waals surface area contributed by atoms with Crippen molar-refractivity contribution in [3.05, 3.63) is 17.0 Å². The van der Waals surface area contributed by atoms with Crippen molar-refractivity contribution in [3.8, 4) is 0 Å². The molecule has 1 aromatic rings. The number of carbonyl (C=O) groups excluding carboxylic acids is 2. The van der Waals surface area contributed by atoms with Crippen molar-refractivity contribution in [2.75, 3.05) is 5.32 Å². The third kappa shape index (κ3) is 2.34. The van der Waals surface area contributed by atoms with E-state index < -0.39 is 0 Å². The maximum absolute atomic E-state index is 12.1. The number of hydrogen-bond donors (Lipinski definition) is 1. The van der Waals surface area contributed by atoms with Crippen LogP contribution in [0.25, 0.3) is 0 Å². The van der Waals surface area contributed by atoms with Crippen molar-refractivity contribution in [3.63, 3.8) is 0 Å². The zero-order chi connectivity index (χ0) is 13.2. The van der Waals surface area contributed by atoms with E-state index in [1.165, 1.54) is 24.7 Å². The van der Waals surface area contributed by atoms with Crippen LogP contribution in [0.3, 0.4) is 0 Å². The Kier molecular flexibility index (Phi) is 3.85. The van der Waals surface area contributed by atoms with Gasteiger partial charge in [-0.15, -0.1) is 11.3 Å². The van der Waals surface area contributed by atoms with Crippen LogP contribution in [-0.4, -0.2) is 11.7 Å². The van der Waals surface area contributed by atoms with Crippen LogP contribution in [0.2, 0.25) is 0 Å². The molecule has 4 heteroatoms. The number of hydrogen-bond acceptors (Lipinski definition) is 3. The lowest BCUT2D eigenvalue weighted by atomic mass is 9.67. The maximum atomic E-state index is 12.1. The molecule has 0 bridgehead atoms. The highest BCUT2D eigenvalue weighted by atomic mass is 32.1.